The van der Waals surface area contributed by atoms with Crippen molar-refractivity contribution in [1.29, 1.82) is 0 Å². The SMILES string of the molecule is CCCCCC(C)NCc1cccc(OC(F)(F)F)c1. The quantitative estimate of drug-likeness (QED) is 0.704. The summed E-state index contributed by atoms with van der Waals surface area (Å²) in [6.45, 7) is 4.79. The van der Waals surface area contributed by atoms with E-state index in [0.717, 1.165) is 12.0 Å². The molecule has 0 aliphatic carbocycles. The van der Waals surface area contributed by atoms with Gasteiger partial charge in [0.15, 0.2) is 0 Å². The first-order valence-corrected chi connectivity index (χ1v) is 6.99. The van der Waals surface area contributed by atoms with Crippen LogP contribution in [0.15, 0.2) is 24.3 Å². The van der Waals surface area contributed by atoms with Gasteiger partial charge in [-0.15, -0.1) is 13.2 Å². The Morgan fingerprint density at radius 2 is 2.00 bits per heavy atom. The Morgan fingerprint density at radius 3 is 2.65 bits per heavy atom. The molecule has 1 aromatic carbocycles. The first kappa shape index (κ1) is 16.8. The number of hydrogen-bond acceptors (Lipinski definition) is 2. The van der Waals surface area contributed by atoms with Gasteiger partial charge < -0.3 is 10.1 Å². The molecule has 1 atom stereocenters. The molecule has 0 bridgehead atoms. The van der Waals surface area contributed by atoms with Gasteiger partial charge in [0, 0.05) is 12.6 Å². The fraction of sp³-hybridized carbons (Fsp3) is 0.600. The molecule has 0 radical (unpaired) electrons. The Bertz CT molecular complexity index is 393. The fourth-order valence-corrected chi connectivity index (χ4v) is 1.95. The third-order valence-electron chi connectivity index (χ3n) is 3.03. The predicted octanol–water partition coefficient (Wildman–Crippen LogP) is 4.64. The van der Waals surface area contributed by atoms with Gasteiger partial charge in [0.1, 0.15) is 5.75 Å². The number of nitrogens with one attached hydrogen (secondary N) is 1. The standard InChI is InChI=1S/C15H22F3NO/c1-3-4-5-7-12(2)19-11-13-8-6-9-14(10-13)20-15(16,17)18/h6,8-10,12,19H,3-5,7,11H2,1-2H3. The molecule has 114 valence electrons. The van der Waals surface area contributed by atoms with Crippen molar-refractivity contribution in [3.05, 3.63) is 29.8 Å². The van der Waals surface area contributed by atoms with Gasteiger partial charge in [-0.2, -0.15) is 0 Å². The van der Waals surface area contributed by atoms with Crippen molar-refractivity contribution in [2.75, 3.05) is 0 Å². The van der Waals surface area contributed by atoms with Crippen molar-refractivity contribution in [3.63, 3.8) is 0 Å². The van der Waals surface area contributed by atoms with Crippen molar-refractivity contribution in [2.24, 2.45) is 0 Å². The van der Waals surface area contributed by atoms with Gasteiger partial charge in [0.25, 0.3) is 0 Å². The largest absolute Gasteiger partial charge is 0.573 e. The second-order valence-electron chi connectivity index (χ2n) is 4.97. The van der Waals surface area contributed by atoms with Crippen LogP contribution in [0.25, 0.3) is 0 Å². The summed E-state index contributed by atoms with van der Waals surface area (Å²) < 4.78 is 40.3. The summed E-state index contributed by atoms with van der Waals surface area (Å²) in [4.78, 5) is 0. The van der Waals surface area contributed by atoms with E-state index in [1.807, 2.05) is 0 Å². The molecule has 0 aliphatic heterocycles. The topological polar surface area (TPSA) is 21.3 Å². The van der Waals surface area contributed by atoms with E-state index >= 15 is 0 Å². The summed E-state index contributed by atoms with van der Waals surface area (Å²) in [6.07, 6.45) is -0.00154. The zero-order valence-corrected chi connectivity index (χ0v) is 12.0. The fourth-order valence-electron chi connectivity index (χ4n) is 1.95. The summed E-state index contributed by atoms with van der Waals surface area (Å²) in [6, 6.07) is 6.43. The second-order valence-corrected chi connectivity index (χ2v) is 4.97. The molecule has 1 unspecified atom stereocenters. The molecule has 0 heterocycles. The Labute approximate surface area is 118 Å². The molecule has 1 N–H and O–H groups in total. The third kappa shape index (κ3) is 7.38. The lowest BCUT2D eigenvalue weighted by molar-refractivity contribution is -0.274. The number of halogens is 3. The molecule has 0 spiro atoms. The zero-order valence-electron chi connectivity index (χ0n) is 12.0. The monoisotopic (exact) mass is 289 g/mol. The maximum Gasteiger partial charge on any atom is 0.573 e. The highest BCUT2D eigenvalue weighted by Crippen LogP contribution is 2.23. The summed E-state index contributed by atoms with van der Waals surface area (Å²) in [5.41, 5.74) is 0.786. The van der Waals surface area contributed by atoms with Crippen molar-refractivity contribution in [1.82, 2.24) is 5.32 Å². The van der Waals surface area contributed by atoms with Crippen LogP contribution < -0.4 is 10.1 Å². The Hall–Kier alpha value is -1.23. The van der Waals surface area contributed by atoms with E-state index in [1.165, 1.54) is 31.4 Å². The summed E-state index contributed by atoms with van der Waals surface area (Å²) >= 11 is 0. The molecule has 0 fully saturated rings. The normalized spacial score (nSPS) is 13.2. The number of unbranched alkanes of at least 4 members (excludes halogenated alkanes) is 2. The van der Waals surface area contributed by atoms with E-state index in [1.54, 1.807) is 12.1 Å². The molecule has 0 amide bonds. The van der Waals surface area contributed by atoms with E-state index in [-0.39, 0.29) is 5.75 Å². The number of rotatable bonds is 8. The number of hydrogen-bond donors (Lipinski definition) is 1. The average Bonchev–Trinajstić information content (AvgIpc) is 2.35. The van der Waals surface area contributed by atoms with Crippen molar-refractivity contribution in [2.45, 2.75) is 58.5 Å². The molecular weight excluding hydrogens is 267 g/mol. The molecule has 5 heteroatoms. The van der Waals surface area contributed by atoms with Gasteiger partial charge >= 0.3 is 6.36 Å². The van der Waals surface area contributed by atoms with Crippen LogP contribution in [0.2, 0.25) is 0 Å². The van der Waals surface area contributed by atoms with E-state index < -0.39 is 6.36 Å². The van der Waals surface area contributed by atoms with Crippen LogP contribution >= 0.6 is 0 Å². The van der Waals surface area contributed by atoms with Gasteiger partial charge in [0.2, 0.25) is 0 Å². The van der Waals surface area contributed by atoms with Crippen LogP contribution in [0.4, 0.5) is 13.2 Å². The molecule has 0 saturated carbocycles. The van der Waals surface area contributed by atoms with Gasteiger partial charge in [-0.3, -0.25) is 0 Å². The molecule has 1 rings (SSSR count). The highest BCUT2D eigenvalue weighted by atomic mass is 19.4. The highest BCUT2D eigenvalue weighted by molar-refractivity contribution is 5.28. The summed E-state index contributed by atoms with van der Waals surface area (Å²) in [5.74, 6) is -0.171. The molecular formula is C15H22F3NO. The minimum atomic E-state index is -4.64. The minimum absolute atomic E-state index is 0.171. The summed E-state index contributed by atoms with van der Waals surface area (Å²) in [7, 11) is 0. The zero-order chi connectivity index (χ0) is 15.0. The molecule has 0 aliphatic rings. The minimum Gasteiger partial charge on any atom is -0.406 e. The van der Waals surface area contributed by atoms with Gasteiger partial charge in [-0.25, -0.2) is 0 Å². The maximum absolute atomic E-state index is 12.1. The lowest BCUT2D eigenvalue weighted by Gasteiger charge is -2.14. The lowest BCUT2D eigenvalue weighted by atomic mass is 10.1. The Kier molecular flexibility index (Phi) is 6.85. The van der Waals surface area contributed by atoms with Crippen LogP contribution in [0.1, 0.15) is 45.1 Å². The lowest BCUT2D eigenvalue weighted by Crippen LogP contribution is -2.25. The van der Waals surface area contributed by atoms with Crippen LogP contribution in [0.5, 0.6) is 5.75 Å². The molecule has 1 aromatic rings. The highest BCUT2D eigenvalue weighted by Gasteiger charge is 2.31. The first-order valence-electron chi connectivity index (χ1n) is 6.99. The maximum atomic E-state index is 12.1. The van der Waals surface area contributed by atoms with Crippen molar-refractivity contribution < 1.29 is 17.9 Å². The Morgan fingerprint density at radius 1 is 1.25 bits per heavy atom. The van der Waals surface area contributed by atoms with Crippen molar-refractivity contribution >= 4 is 0 Å². The van der Waals surface area contributed by atoms with Crippen molar-refractivity contribution in [3.8, 4) is 5.75 Å². The second kappa shape index (κ2) is 8.15. The molecule has 0 aromatic heterocycles. The van der Waals surface area contributed by atoms with Gasteiger partial charge in [-0.05, 0) is 31.0 Å². The van der Waals surface area contributed by atoms with E-state index in [9.17, 15) is 13.2 Å². The number of alkyl halides is 3. The van der Waals surface area contributed by atoms with Crippen LogP contribution in [0, 0.1) is 0 Å². The van der Waals surface area contributed by atoms with Gasteiger partial charge in [0.05, 0.1) is 0 Å². The van der Waals surface area contributed by atoms with Crippen LogP contribution in [-0.2, 0) is 6.54 Å². The Balaban J connectivity index is 2.42. The molecule has 2 nitrogen and oxygen atoms in total. The summed E-state index contributed by atoms with van der Waals surface area (Å²) in [5, 5.41) is 3.31. The third-order valence-corrected chi connectivity index (χ3v) is 3.03. The number of benzene rings is 1. The van der Waals surface area contributed by atoms with E-state index in [2.05, 4.69) is 23.9 Å². The average molecular weight is 289 g/mol. The molecule has 0 saturated heterocycles. The van der Waals surface area contributed by atoms with E-state index in [0.29, 0.717) is 12.6 Å². The predicted molar refractivity (Wildman–Crippen MR) is 73.6 cm³/mol. The number of ether oxygens (including phenoxy) is 1. The smallest absolute Gasteiger partial charge is 0.406 e. The van der Waals surface area contributed by atoms with Gasteiger partial charge in [-0.1, -0.05) is 38.3 Å². The van der Waals surface area contributed by atoms with Crippen LogP contribution in [-0.4, -0.2) is 12.4 Å². The van der Waals surface area contributed by atoms with E-state index in [4.69, 9.17) is 0 Å². The molecule has 20 heavy (non-hydrogen) atoms. The van der Waals surface area contributed by atoms with Crippen LogP contribution in [0.3, 0.4) is 0 Å². The first-order chi connectivity index (χ1) is 9.40.